The predicted molar refractivity (Wildman–Crippen MR) is 29.8 cm³/mol. The minimum absolute atomic E-state index is 0.0489. The number of hydrogen-bond donors (Lipinski definition) is 2. The maximum atomic E-state index is 9.81. The second-order valence-electron chi connectivity index (χ2n) is 1.08. The Kier molecular flexibility index (Phi) is 4.39. The minimum Gasteiger partial charge on any atom is -0.301 e. The highest BCUT2D eigenvalue weighted by atomic mass is 35.5. The zero-order chi connectivity index (χ0) is 7.33. The van der Waals surface area contributed by atoms with E-state index in [4.69, 9.17) is 21.4 Å². The summed E-state index contributed by atoms with van der Waals surface area (Å²) in [4.78, 5) is 19.9. The highest BCUT2D eigenvalue weighted by Crippen LogP contribution is 2.35. The number of rotatable bonds is 4. The quantitative estimate of drug-likeness (QED) is 0.211. The van der Waals surface area contributed by atoms with E-state index in [1.165, 1.54) is 0 Å². The van der Waals surface area contributed by atoms with E-state index >= 15 is 0 Å². The first kappa shape index (κ1) is 9.36. The van der Waals surface area contributed by atoms with E-state index < -0.39 is 7.82 Å². The van der Waals surface area contributed by atoms with E-state index in [9.17, 15) is 4.57 Å². The fourth-order valence-corrected chi connectivity index (χ4v) is 0.412. The highest BCUT2D eigenvalue weighted by molar-refractivity contribution is 7.46. The van der Waals surface area contributed by atoms with Gasteiger partial charge in [-0.25, -0.2) is 9.45 Å². The summed E-state index contributed by atoms with van der Waals surface area (Å²) >= 11 is 5.07. The van der Waals surface area contributed by atoms with Crippen LogP contribution in [0.15, 0.2) is 0 Å². The molecule has 0 rings (SSSR count). The van der Waals surface area contributed by atoms with Gasteiger partial charge in [-0.15, -0.1) is 16.3 Å². The number of halogens is 1. The zero-order valence-corrected chi connectivity index (χ0v) is 6.01. The number of phosphoric acid groups is 1. The van der Waals surface area contributed by atoms with Crippen molar-refractivity contribution in [3.8, 4) is 0 Å². The molecule has 0 aromatic heterocycles. The fraction of sp³-hybridized carbons (Fsp3) is 1.00. The highest BCUT2D eigenvalue weighted by Gasteiger charge is 2.14. The van der Waals surface area contributed by atoms with E-state index in [-0.39, 0.29) is 12.5 Å². The molecule has 0 amide bonds. The smallest absolute Gasteiger partial charge is 0.301 e. The topological polar surface area (TPSA) is 76.0 Å². The van der Waals surface area contributed by atoms with Gasteiger partial charge in [0.1, 0.15) is 0 Å². The Labute approximate surface area is 56.7 Å². The Morgan fingerprint density at radius 2 is 2.11 bits per heavy atom. The van der Waals surface area contributed by atoms with Crippen molar-refractivity contribution in [2.75, 3.05) is 12.5 Å². The molecule has 0 spiro atoms. The predicted octanol–water partition coefficient (Wildman–Crippen LogP) is 0.266. The summed E-state index contributed by atoms with van der Waals surface area (Å²) in [6.45, 7) is -0.0489. The molecule has 7 heteroatoms. The van der Waals surface area contributed by atoms with E-state index in [2.05, 4.69) is 9.56 Å². The molecule has 5 nitrogen and oxygen atoms in total. The molecule has 0 aliphatic heterocycles. The van der Waals surface area contributed by atoms with Crippen LogP contribution < -0.4 is 0 Å². The SMILES string of the molecule is O=P(O)(O)OOCCCl. The minimum atomic E-state index is -4.48. The molecule has 56 valence electrons. The van der Waals surface area contributed by atoms with Crippen molar-refractivity contribution in [2.45, 2.75) is 0 Å². The van der Waals surface area contributed by atoms with E-state index in [0.717, 1.165) is 0 Å². The summed E-state index contributed by atoms with van der Waals surface area (Å²) in [6, 6.07) is 0. The van der Waals surface area contributed by atoms with Crippen LogP contribution >= 0.6 is 19.4 Å². The van der Waals surface area contributed by atoms with Crippen molar-refractivity contribution in [1.82, 2.24) is 0 Å². The van der Waals surface area contributed by atoms with Crippen molar-refractivity contribution >= 4 is 19.4 Å². The van der Waals surface area contributed by atoms with Gasteiger partial charge in [0.15, 0.2) is 0 Å². The summed E-state index contributed by atoms with van der Waals surface area (Å²) < 4.78 is 13.4. The Bertz CT molecular complexity index is 110. The molecule has 0 saturated carbocycles. The molecule has 0 fully saturated rings. The molecule has 0 aromatic rings. The first-order valence-electron chi connectivity index (χ1n) is 1.99. The molecule has 0 aliphatic carbocycles. The summed E-state index contributed by atoms with van der Waals surface area (Å²) in [5.41, 5.74) is 0. The lowest BCUT2D eigenvalue weighted by Crippen LogP contribution is -1.95. The molecule has 0 heterocycles. The van der Waals surface area contributed by atoms with Crippen LogP contribution in [-0.2, 0) is 14.1 Å². The van der Waals surface area contributed by atoms with Crippen LogP contribution in [0.4, 0.5) is 0 Å². The van der Waals surface area contributed by atoms with E-state index in [1.807, 2.05) is 0 Å². The first-order valence-corrected chi connectivity index (χ1v) is 4.05. The Morgan fingerprint density at radius 3 is 2.44 bits per heavy atom. The van der Waals surface area contributed by atoms with E-state index in [1.54, 1.807) is 0 Å². The van der Waals surface area contributed by atoms with Gasteiger partial charge in [0.2, 0.25) is 0 Å². The largest absolute Gasteiger partial charge is 0.496 e. The van der Waals surface area contributed by atoms with Gasteiger partial charge in [-0.2, -0.15) is 0 Å². The van der Waals surface area contributed by atoms with E-state index in [0.29, 0.717) is 0 Å². The summed E-state index contributed by atoms with van der Waals surface area (Å²) in [6.07, 6.45) is 0. The van der Waals surface area contributed by atoms with Crippen LogP contribution in [0.2, 0.25) is 0 Å². The normalized spacial score (nSPS) is 11.9. The average molecular weight is 176 g/mol. The Balaban J connectivity index is 3.18. The lowest BCUT2D eigenvalue weighted by molar-refractivity contribution is -0.216. The maximum absolute atomic E-state index is 9.81. The van der Waals surface area contributed by atoms with Crippen molar-refractivity contribution in [3.05, 3.63) is 0 Å². The Morgan fingerprint density at radius 1 is 1.56 bits per heavy atom. The molecule has 9 heavy (non-hydrogen) atoms. The fourth-order valence-electron chi connectivity index (χ4n) is 0.137. The molecule has 0 atom stereocenters. The monoisotopic (exact) mass is 176 g/mol. The van der Waals surface area contributed by atoms with Crippen LogP contribution in [-0.4, -0.2) is 22.3 Å². The van der Waals surface area contributed by atoms with Crippen LogP contribution in [0.1, 0.15) is 0 Å². The molecular formula is C2H6ClO5P. The summed E-state index contributed by atoms with van der Waals surface area (Å²) in [5, 5.41) is 0. The van der Waals surface area contributed by atoms with Crippen LogP contribution in [0.3, 0.4) is 0 Å². The van der Waals surface area contributed by atoms with Crippen LogP contribution in [0.5, 0.6) is 0 Å². The molecule has 2 N–H and O–H groups in total. The van der Waals surface area contributed by atoms with Crippen LogP contribution in [0.25, 0.3) is 0 Å². The number of hydrogen-bond acceptors (Lipinski definition) is 3. The third-order valence-electron chi connectivity index (χ3n) is 0.310. The van der Waals surface area contributed by atoms with Crippen molar-refractivity contribution in [1.29, 1.82) is 0 Å². The van der Waals surface area contributed by atoms with Gasteiger partial charge < -0.3 is 9.79 Å². The Hall–Kier alpha value is 0.360. The third-order valence-corrected chi connectivity index (χ3v) is 0.764. The summed E-state index contributed by atoms with van der Waals surface area (Å²) in [5.74, 6) is 0.125. The van der Waals surface area contributed by atoms with Gasteiger partial charge in [-0.1, -0.05) is 0 Å². The van der Waals surface area contributed by atoms with Crippen molar-refractivity contribution < 1.29 is 23.9 Å². The van der Waals surface area contributed by atoms with Gasteiger partial charge in [-0.05, 0) is 0 Å². The standard InChI is InChI=1S/C2H6ClO5P/c3-1-2-7-8-9(4,5)6/h1-2H2,(H2,4,5,6). The van der Waals surface area contributed by atoms with Gasteiger partial charge in [0.05, 0.1) is 6.61 Å². The first-order chi connectivity index (χ1) is 4.06. The number of alkyl halides is 1. The molecule has 0 saturated heterocycles. The molecule has 0 aromatic carbocycles. The second-order valence-corrected chi connectivity index (χ2v) is 2.58. The van der Waals surface area contributed by atoms with Crippen molar-refractivity contribution in [2.24, 2.45) is 0 Å². The maximum Gasteiger partial charge on any atom is 0.496 e. The molecular weight excluding hydrogens is 170 g/mol. The average Bonchev–Trinajstić information content (AvgIpc) is 1.63. The second kappa shape index (κ2) is 4.22. The molecule has 0 bridgehead atoms. The zero-order valence-electron chi connectivity index (χ0n) is 4.36. The van der Waals surface area contributed by atoms with Gasteiger partial charge >= 0.3 is 7.82 Å². The lowest BCUT2D eigenvalue weighted by atomic mass is 10.9. The van der Waals surface area contributed by atoms with Crippen LogP contribution in [0, 0.1) is 0 Å². The molecule has 0 aliphatic rings. The third kappa shape index (κ3) is 8.36. The van der Waals surface area contributed by atoms with Gasteiger partial charge in [-0.3, -0.25) is 0 Å². The molecule has 0 unspecified atom stereocenters. The van der Waals surface area contributed by atoms with Gasteiger partial charge in [0.25, 0.3) is 0 Å². The van der Waals surface area contributed by atoms with Crippen molar-refractivity contribution in [3.63, 3.8) is 0 Å². The summed E-state index contributed by atoms with van der Waals surface area (Å²) in [7, 11) is -4.48. The molecule has 0 radical (unpaired) electrons. The lowest BCUT2D eigenvalue weighted by Gasteiger charge is -2.00. The van der Waals surface area contributed by atoms with Gasteiger partial charge in [0, 0.05) is 5.88 Å².